The largest absolute Gasteiger partial charge is 0.481 e. The minimum absolute atomic E-state index is 0.137. The number of thioether (sulfide) groups is 1. The normalized spacial score (nSPS) is 39.5. The van der Waals surface area contributed by atoms with Gasteiger partial charge in [-0.05, 0) is 25.7 Å². The molecule has 8 atom stereocenters. The summed E-state index contributed by atoms with van der Waals surface area (Å²) in [6, 6.07) is 0. The van der Waals surface area contributed by atoms with E-state index in [0.29, 0.717) is 0 Å². The third kappa shape index (κ3) is 4.71. The maximum Gasteiger partial charge on any atom is 0.307 e. The van der Waals surface area contributed by atoms with Gasteiger partial charge in [-0.15, -0.1) is 11.8 Å². The molecule has 11 heteroatoms. The Labute approximate surface area is 158 Å². The molecule has 152 valence electrons. The van der Waals surface area contributed by atoms with E-state index in [9.17, 15) is 39.6 Å². The van der Waals surface area contributed by atoms with Crippen LogP contribution in [-0.4, -0.2) is 77.2 Å². The summed E-state index contributed by atoms with van der Waals surface area (Å²) >= 11 is 1.01. The molecule has 2 rings (SSSR count). The quantitative estimate of drug-likeness (QED) is 0.335. The number of carbonyl (C=O) groups is 4. The second-order valence-corrected chi connectivity index (χ2v) is 8.55. The molecular formula is C16H22O10S. The van der Waals surface area contributed by atoms with Crippen molar-refractivity contribution in [3.8, 4) is 0 Å². The van der Waals surface area contributed by atoms with Crippen molar-refractivity contribution in [1.29, 1.82) is 0 Å². The van der Waals surface area contributed by atoms with Gasteiger partial charge in [-0.1, -0.05) is 0 Å². The first-order valence-corrected chi connectivity index (χ1v) is 9.40. The van der Waals surface area contributed by atoms with E-state index in [1.165, 1.54) is 0 Å². The van der Waals surface area contributed by atoms with Crippen LogP contribution in [0.25, 0.3) is 0 Å². The summed E-state index contributed by atoms with van der Waals surface area (Å²) in [5.74, 6) is -10.1. The highest BCUT2D eigenvalue weighted by Gasteiger charge is 2.48. The van der Waals surface area contributed by atoms with Crippen molar-refractivity contribution in [3.05, 3.63) is 0 Å². The van der Waals surface area contributed by atoms with Crippen LogP contribution in [-0.2, 0) is 19.2 Å². The lowest BCUT2D eigenvalue weighted by Gasteiger charge is -2.40. The van der Waals surface area contributed by atoms with Gasteiger partial charge in [-0.3, -0.25) is 19.2 Å². The molecule has 0 radical (unpaired) electrons. The number of aliphatic hydroxyl groups excluding tert-OH is 2. The van der Waals surface area contributed by atoms with Crippen LogP contribution in [0.15, 0.2) is 0 Å². The van der Waals surface area contributed by atoms with Crippen LogP contribution in [0.4, 0.5) is 0 Å². The van der Waals surface area contributed by atoms with E-state index < -0.39 is 70.3 Å². The zero-order valence-corrected chi connectivity index (χ0v) is 15.0. The Hall–Kier alpha value is -1.85. The number of aliphatic hydroxyl groups is 2. The lowest BCUT2D eigenvalue weighted by atomic mass is 9.77. The van der Waals surface area contributed by atoms with E-state index in [1.807, 2.05) is 0 Å². The fraction of sp³-hybridized carbons (Fsp3) is 0.750. The minimum Gasteiger partial charge on any atom is -0.481 e. The Morgan fingerprint density at radius 3 is 1.07 bits per heavy atom. The fourth-order valence-corrected chi connectivity index (χ4v) is 5.58. The lowest BCUT2D eigenvalue weighted by Crippen LogP contribution is -2.47. The number of aliphatic carboxylic acids is 4. The molecule has 0 bridgehead atoms. The summed E-state index contributed by atoms with van der Waals surface area (Å²) in [4.78, 5) is 45.3. The van der Waals surface area contributed by atoms with E-state index >= 15 is 0 Å². The number of hydrogen-bond donors (Lipinski definition) is 6. The van der Waals surface area contributed by atoms with Gasteiger partial charge in [0.15, 0.2) is 0 Å². The average Bonchev–Trinajstić information content (AvgIpc) is 2.56. The molecule has 0 amide bonds. The molecular weight excluding hydrogens is 384 g/mol. The van der Waals surface area contributed by atoms with Crippen LogP contribution in [0.3, 0.4) is 0 Å². The Balaban J connectivity index is 2.13. The van der Waals surface area contributed by atoms with E-state index in [-0.39, 0.29) is 25.7 Å². The molecule has 6 N–H and O–H groups in total. The van der Waals surface area contributed by atoms with E-state index in [4.69, 9.17) is 10.2 Å². The molecule has 0 saturated heterocycles. The number of hydrogen-bond acceptors (Lipinski definition) is 7. The molecule has 27 heavy (non-hydrogen) atoms. The standard InChI is InChI=1S/C16H22O10S/c17-9-1-5(13(19)20)7(15(23)24)3-11(9)27-12-4-8(16(25)26)6(14(21)22)2-10(12)18/h5-12,17-18H,1-4H2,(H,19,20)(H,21,22)(H,23,24)(H,25,26). The van der Waals surface area contributed by atoms with Crippen LogP contribution in [0.2, 0.25) is 0 Å². The Morgan fingerprint density at radius 1 is 0.556 bits per heavy atom. The zero-order chi connectivity index (χ0) is 20.5. The van der Waals surface area contributed by atoms with Crippen molar-refractivity contribution >= 4 is 35.6 Å². The van der Waals surface area contributed by atoms with Gasteiger partial charge in [0.2, 0.25) is 0 Å². The van der Waals surface area contributed by atoms with E-state index in [1.54, 1.807) is 0 Å². The first-order valence-electron chi connectivity index (χ1n) is 8.45. The predicted octanol–water partition coefficient (Wildman–Crippen LogP) is -0.431. The fourth-order valence-electron chi connectivity index (χ4n) is 3.90. The molecule has 0 aromatic rings. The van der Waals surface area contributed by atoms with Crippen molar-refractivity contribution in [2.45, 2.75) is 48.4 Å². The molecule has 0 spiro atoms. The maximum atomic E-state index is 11.4. The summed E-state index contributed by atoms with van der Waals surface area (Å²) in [6.07, 6.45) is -3.04. The highest BCUT2D eigenvalue weighted by Crippen LogP contribution is 2.44. The van der Waals surface area contributed by atoms with Gasteiger partial charge < -0.3 is 30.6 Å². The summed E-state index contributed by atoms with van der Waals surface area (Å²) in [5.41, 5.74) is 0. The molecule has 0 aliphatic heterocycles. The topological polar surface area (TPSA) is 190 Å². The van der Waals surface area contributed by atoms with Crippen LogP contribution < -0.4 is 0 Å². The van der Waals surface area contributed by atoms with Gasteiger partial charge in [0.1, 0.15) is 0 Å². The molecule has 2 aliphatic rings. The summed E-state index contributed by atoms with van der Waals surface area (Å²) in [6.45, 7) is 0. The second kappa shape index (κ2) is 8.44. The van der Waals surface area contributed by atoms with Crippen molar-refractivity contribution < 1.29 is 49.8 Å². The number of carboxylic acids is 4. The molecule has 2 aliphatic carbocycles. The van der Waals surface area contributed by atoms with Gasteiger partial charge in [0.25, 0.3) is 0 Å². The summed E-state index contributed by atoms with van der Waals surface area (Å²) < 4.78 is 0. The monoisotopic (exact) mass is 406 g/mol. The third-order valence-electron chi connectivity index (χ3n) is 5.41. The molecule has 8 unspecified atom stereocenters. The average molecular weight is 406 g/mol. The van der Waals surface area contributed by atoms with Crippen molar-refractivity contribution in [3.63, 3.8) is 0 Å². The minimum atomic E-state index is -1.31. The van der Waals surface area contributed by atoms with Crippen molar-refractivity contribution in [2.75, 3.05) is 0 Å². The molecule has 10 nitrogen and oxygen atoms in total. The van der Waals surface area contributed by atoms with Crippen molar-refractivity contribution in [1.82, 2.24) is 0 Å². The van der Waals surface area contributed by atoms with Gasteiger partial charge in [0.05, 0.1) is 35.9 Å². The Bertz CT molecular complexity index is 570. The maximum absolute atomic E-state index is 11.4. The zero-order valence-electron chi connectivity index (χ0n) is 14.2. The summed E-state index contributed by atoms with van der Waals surface area (Å²) in [7, 11) is 0. The number of carboxylic acid groups (broad SMARTS) is 4. The molecule has 0 aromatic carbocycles. The van der Waals surface area contributed by atoms with Crippen LogP contribution in [0.1, 0.15) is 25.7 Å². The SMILES string of the molecule is O=C(O)C1CC(O)C(SC2CC(C(=O)O)C(C(=O)O)CC2O)CC1C(=O)O. The molecule has 0 heterocycles. The first-order chi connectivity index (χ1) is 12.5. The smallest absolute Gasteiger partial charge is 0.307 e. The van der Waals surface area contributed by atoms with E-state index in [0.717, 1.165) is 11.8 Å². The molecule has 2 saturated carbocycles. The number of rotatable bonds is 6. The summed E-state index contributed by atoms with van der Waals surface area (Å²) in [5, 5.41) is 56.0. The predicted molar refractivity (Wildman–Crippen MR) is 90.2 cm³/mol. The highest BCUT2D eigenvalue weighted by atomic mass is 32.2. The van der Waals surface area contributed by atoms with Crippen molar-refractivity contribution in [2.24, 2.45) is 23.7 Å². The second-order valence-electron chi connectivity index (χ2n) is 7.07. The molecule has 2 fully saturated rings. The molecule has 0 aromatic heterocycles. The highest BCUT2D eigenvalue weighted by molar-refractivity contribution is 8.00. The Kier molecular flexibility index (Phi) is 6.71. The lowest BCUT2D eigenvalue weighted by molar-refractivity contribution is -0.157. The van der Waals surface area contributed by atoms with Gasteiger partial charge in [-0.2, -0.15) is 0 Å². The van der Waals surface area contributed by atoms with Crippen LogP contribution in [0.5, 0.6) is 0 Å². The first kappa shape index (κ1) is 21.5. The Morgan fingerprint density at radius 2 is 0.815 bits per heavy atom. The van der Waals surface area contributed by atoms with Gasteiger partial charge in [0, 0.05) is 10.5 Å². The van der Waals surface area contributed by atoms with Crippen LogP contribution in [0, 0.1) is 23.7 Å². The third-order valence-corrected chi connectivity index (χ3v) is 7.12. The van der Waals surface area contributed by atoms with Crippen LogP contribution >= 0.6 is 11.8 Å². The van der Waals surface area contributed by atoms with E-state index in [2.05, 4.69) is 0 Å². The van der Waals surface area contributed by atoms with Gasteiger partial charge in [-0.25, -0.2) is 0 Å². The van der Waals surface area contributed by atoms with Gasteiger partial charge >= 0.3 is 23.9 Å².